The first-order valence-corrected chi connectivity index (χ1v) is 14.3. The molecule has 12 nitrogen and oxygen atoms in total. The first-order valence-electron chi connectivity index (χ1n) is 14.3. The fraction of sp³-hybridized carbons (Fsp3) is 0.235. The maximum atomic E-state index is 12.1. The second-order valence-electron chi connectivity index (χ2n) is 9.03. The maximum Gasteiger partial charge on any atom is 2.00 e. The van der Waals surface area contributed by atoms with Crippen LogP contribution >= 0.6 is 0 Å². The van der Waals surface area contributed by atoms with Crippen LogP contribution in [0.2, 0.25) is 0 Å². The van der Waals surface area contributed by atoms with Crippen molar-refractivity contribution in [1.82, 2.24) is 19.8 Å². The fourth-order valence-corrected chi connectivity index (χ4v) is 3.54. The molecular weight excluding hydrogens is 694 g/mol. The van der Waals surface area contributed by atoms with Gasteiger partial charge in [-0.3, -0.25) is 19.6 Å². The van der Waals surface area contributed by atoms with Crippen molar-refractivity contribution in [3.05, 3.63) is 131 Å². The van der Waals surface area contributed by atoms with E-state index in [1.165, 1.54) is 0 Å². The fourth-order valence-electron chi connectivity index (χ4n) is 3.54. The normalized spacial score (nSPS) is 8.94. The van der Waals surface area contributed by atoms with Crippen molar-refractivity contribution in [2.24, 2.45) is 0 Å². The average Bonchev–Trinajstić information content (AvgIpc) is 3.08. The maximum absolute atomic E-state index is 12.1. The van der Waals surface area contributed by atoms with E-state index < -0.39 is 23.6 Å². The van der Waals surface area contributed by atoms with Gasteiger partial charge in [0.25, 0.3) is 11.8 Å². The predicted molar refractivity (Wildman–Crippen MR) is 172 cm³/mol. The molecule has 2 aromatic heterocycles. The number of nitrogens with zero attached hydrogens (tertiary/aromatic N) is 4. The molecule has 0 saturated carbocycles. The largest absolute Gasteiger partial charge is 2.00 e. The summed E-state index contributed by atoms with van der Waals surface area (Å²) >= 11 is 0. The van der Waals surface area contributed by atoms with E-state index in [0.717, 1.165) is 74.7 Å². The molecule has 2 heterocycles. The van der Waals surface area contributed by atoms with Gasteiger partial charge >= 0.3 is 17.1 Å². The number of hydrogen-bond acceptors (Lipinski definition) is 8. The Morgan fingerprint density at radius 2 is 0.837 bits per heavy atom. The second-order valence-corrected chi connectivity index (χ2v) is 9.03. The third-order valence-electron chi connectivity index (χ3n) is 6.08. The molecule has 4 rings (SSSR count). The number of carboxylic acids is 2. The Hall–Kier alpha value is -5.08. The van der Waals surface area contributed by atoms with E-state index in [4.69, 9.17) is 0 Å². The van der Waals surface area contributed by atoms with Gasteiger partial charge in [0.1, 0.15) is 11.6 Å². The molecule has 269 valence electrons. The Labute approximate surface area is 294 Å². The Morgan fingerprint density at radius 3 is 1.04 bits per heavy atom. The van der Waals surface area contributed by atoms with Crippen molar-refractivity contribution in [2.45, 2.75) is 27.7 Å². The zero-order chi connectivity index (χ0) is 34.5. The number of carbonyl (C=O) groups excluding carboxylic acids is 4. The van der Waals surface area contributed by atoms with Crippen LogP contribution in [-0.2, 0) is 17.1 Å². The summed E-state index contributed by atoms with van der Waals surface area (Å²) in [6, 6.07) is 16.0. The van der Waals surface area contributed by atoms with Crippen LogP contribution < -0.4 is 10.2 Å². The van der Waals surface area contributed by atoms with E-state index in [-0.39, 0.29) is 51.0 Å². The van der Waals surface area contributed by atoms with Gasteiger partial charge in [-0.15, -0.1) is 0 Å². The summed E-state index contributed by atoms with van der Waals surface area (Å²) in [6.07, 6.45) is 6.53. The zero-order valence-electron chi connectivity index (χ0n) is 27.4. The molecule has 0 saturated heterocycles. The van der Waals surface area contributed by atoms with Crippen LogP contribution in [-0.4, -0.2) is 80.7 Å². The minimum absolute atomic E-state index is 0. The van der Waals surface area contributed by atoms with Gasteiger partial charge in [-0.2, -0.15) is 0 Å². The zero-order valence-corrected chi connectivity index (χ0v) is 28.3. The van der Waals surface area contributed by atoms with Crippen LogP contribution in [0.5, 0.6) is 0 Å². The average molecular weight is 734 g/mol. The van der Waals surface area contributed by atoms with Gasteiger partial charge in [-0.1, -0.05) is 24.3 Å². The Morgan fingerprint density at radius 1 is 0.551 bits per heavy atom. The molecule has 2 aromatic carbocycles. The van der Waals surface area contributed by atoms with Crippen LogP contribution in [0.1, 0.15) is 69.1 Å². The molecule has 4 N–H and O–H groups in total. The Kier molecular flexibility index (Phi) is 26.6. The number of carbonyl (C=O) groups is 4. The number of pyridine rings is 2. The first kappa shape index (κ1) is 48.3. The van der Waals surface area contributed by atoms with Crippen LogP contribution in [0.15, 0.2) is 97.6 Å². The molecule has 0 aliphatic heterocycles. The van der Waals surface area contributed by atoms with Crippen molar-refractivity contribution in [2.75, 3.05) is 26.2 Å². The smallest absolute Gasteiger partial charge is 0.545 e. The van der Waals surface area contributed by atoms with E-state index in [1.54, 1.807) is 58.9 Å². The quantitative estimate of drug-likeness (QED) is 0.243. The van der Waals surface area contributed by atoms with Gasteiger partial charge < -0.3 is 40.6 Å². The van der Waals surface area contributed by atoms with E-state index in [9.17, 15) is 38.2 Å². The van der Waals surface area contributed by atoms with Crippen molar-refractivity contribution in [3.8, 4) is 0 Å². The molecule has 0 fully saturated rings. The summed E-state index contributed by atoms with van der Waals surface area (Å²) in [7, 11) is 0. The number of amides is 2. The number of halogens is 2. The van der Waals surface area contributed by atoms with E-state index in [2.05, 4.69) is 9.97 Å². The van der Waals surface area contributed by atoms with Crippen molar-refractivity contribution < 1.29 is 66.2 Å². The molecule has 49 heavy (non-hydrogen) atoms. The van der Waals surface area contributed by atoms with Crippen molar-refractivity contribution in [3.63, 3.8) is 0 Å². The molecule has 0 aliphatic rings. The van der Waals surface area contributed by atoms with Crippen LogP contribution in [0.25, 0.3) is 0 Å². The molecule has 1 radical (unpaired) electrons. The van der Waals surface area contributed by atoms with Gasteiger partial charge in [0.05, 0.1) is 23.1 Å². The molecule has 0 unspecified atom stereocenters. The van der Waals surface area contributed by atoms with Crippen LogP contribution in [0.3, 0.4) is 0 Å². The Bertz CT molecular complexity index is 1380. The van der Waals surface area contributed by atoms with Crippen LogP contribution in [0, 0.1) is 11.6 Å². The minimum atomic E-state index is -1.29. The molecule has 4 aromatic rings. The molecule has 0 spiro atoms. The number of aromatic nitrogens is 2. The minimum Gasteiger partial charge on any atom is -0.545 e. The third kappa shape index (κ3) is 18.2. The standard InChI is InChI=1S/2C10H14N2O.2C7H5FO2.Cu.2H2O/c2*1-3-12(4-2)10(13)9-6-5-7-11-8-9;2*8-6-3-1-5(2-4-6)7(9)10;;;/h2*5-8H,3-4H2,1-2H3;2*1-4H,(H,9,10);;2*1H2/q;;;;+2;;/p-2. The van der Waals surface area contributed by atoms with E-state index >= 15 is 0 Å². The number of aromatic carboxylic acids is 2. The van der Waals surface area contributed by atoms with Crippen molar-refractivity contribution >= 4 is 23.8 Å². The SMILES string of the molecule is CCN(CC)C(=O)c1cccnc1.CCN(CC)C(=O)c1cccnc1.O.O.O=C([O-])c1ccc(F)cc1.O=C([O-])c1ccc(F)cc1.[Cu+2]. The molecule has 0 aliphatic carbocycles. The summed E-state index contributed by atoms with van der Waals surface area (Å²) in [6.45, 7) is 10.8. The van der Waals surface area contributed by atoms with Gasteiger partial charge in [0.15, 0.2) is 0 Å². The number of rotatable bonds is 8. The predicted octanol–water partition coefficient (Wildman–Crippen LogP) is 1.85. The summed E-state index contributed by atoms with van der Waals surface area (Å²) in [5, 5.41) is 20.2. The Balaban J connectivity index is -0.000000568. The van der Waals surface area contributed by atoms with E-state index in [1.807, 2.05) is 27.7 Å². The van der Waals surface area contributed by atoms with Gasteiger partial charge in [-0.05, 0) is 87.4 Å². The monoisotopic (exact) mass is 733 g/mol. The first-order chi connectivity index (χ1) is 22.0. The number of carboxylic acid groups (broad SMARTS) is 2. The van der Waals surface area contributed by atoms with E-state index in [0.29, 0.717) is 11.1 Å². The summed E-state index contributed by atoms with van der Waals surface area (Å²) < 4.78 is 24.3. The molecular formula is C34H40CuF2N4O8. The number of hydrogen-bond donors (Lipinski definition) is 0. The topological polar surface area (TPSA) is 210 Å². The van der Waals surface area contributed by atoms with Crippen LogP contribution in [0.4, 0.5) is 8.78 Å². The van der Waals surface area contributed by atoms with Crippen molar-refractivity contribution in [1.29, 1.82) is 0 Å². The van der Waals surface area contributed by atoms with Gasteiger partial charge in [0, 0.05) is 51.0 Å². The second kappa shape index (κ2) is 26.9. The third-order valence-corrected chi connectivity index (χ3v) is 6.08. The summed E-state index contributed by atoms with van der Waals surface area (Å²) in [5.74, 6) is -3.38. The molecule has 2 amide bonds. The molecule has 0 bridgehead atoms. The van der Waals surface area contributed by atoms with Gasteiger partial charge in [0.2, 0.25) is 0 Å². The van der Waals surface area contributed by atoms with Gasteiger partial charge in [-0.25, -0.2) is 8.78 Å². The summed E-state index contributed by atoms with van der Waals surface area (Å²) in [5.41, 5.74) is 1.29. The molecule has 15 heteroatoms. The molecule has 0 atom stereocenters. The summed E-state index contributed by atoms with van der Waals surface area (Å²) in [4.78, 5) is 54.9. The number of benzene rings is 2.